The number of fused-ring (bicyclic) bond motifs is 1. The molecule has 4 rings (SSSR count). The third-order valence-electron chi connectivity index (χ3n) is 5.72. The van der Waals surface area contributed by atoms with E-state index in [4.69, 9.17) is 9.26 Å². The SMILES string of the molecule is Cc1cc(CC(=O)N[C@H]2[C@@H]3CCO[C@@H]3[C@@H]2C2CCCC2)on1. The van der Waals surface area contributed by atoms with Crippen molar-refractivity contribution in [1.29, 1.82) is 0 Å². The van der Waals surface area contributed by atoms with Gasteiger partial charge in [-0.15, -0.1) is 0 Å². The maximum atomic E-state index is 12.3. The molecule has 0 unspecified atom stereocenters. The first-order valence-electron chi connectivity index (χ1n) is 8.55. The van der Waals surface area contributed by atoms with Crippen LogP contribution in [0.3, 0.4) is 0 Å². The number of hydrogen-bond donors (Lipinski definition) is 1. The van der Waals surface area contributed by atoms with Crippen LogP contribution >= 0.6 is 0 Å². The van der Waals surface area contributed by atoms with E-state index in [1.807, 2.05) is 13.0 Å². The summed E-state index contributed by atoms with van der Waals surface area (Å²) in [5.41, 5.74) is 0.819. The van der Waals surface area contributed by atoms with Gasteiger partial charge in [-0.3, -0.25) is 4.79 Å². The van der Waals surface area contributed by atoms with Crippen molar-refractivity contribution in [2.24, 2.45) is 17.8 Å². The molecule has 2 aliphatic carbocycles. The van der Waals surface area contributed by atoms with Crippen molar-refractivity contribution in [2.75, 3.05) is 6.61 Å². The number of amides is 1. The van der Waals surface area contributed by atoms with Crippen LogP contribution in [-0.2, 0) is 16.0 Å². The van der Waals surface area contributed by atoms with Gasteiger partial charge in [0, 0.05) is 30.6 Å². The lowest BCUT2D eigenvalue weighted by atomic mass is 9.61. The van der Waals surface area contributed by atoms with E-state index in [1.165, 1.54) is 25.7 Å². The summed E-state index contributed by atoms with van der Waals surface area (Å²) < 4.78 is 11.1. The minimum absolute atomic E-state index is 0.0505. The molecule has 1 amide bonds. The average Bonchev–Trinajstić information content (AvgIpc) is 3.19. The lowest BCUT2D eigenvalue weighted by Crippen LogP contribution is -2.63. The number of carbonyl (C=O) groups is 1. The van der Waals surface area contributed by atoms with Gasteiger partial charge in [0.1, 0.15) is 5.76 Å². The lowest BCUT2D eigenvalue weighted by molar-refractivity contribution is -0.129. The van der Waals surface area contributed by atoms with E-state index in [0.29, 0.717) is 29.7 Å². The van der Waals surface area contributed by atoms with Crippen molar-refractivity contribution in [2.45, 2.75) is 57.6 Å². The van der Waals surface area contributed by atoms with Crippen LogP contribution < -0.4 is 5.32 Å². The molecule has 5 nitrogen and oxygen atoms in total. The largest absolute Gasteiger partial charge is 0.377 e. The molecule has 0 radical (unpaired) electrons. The first kappa shape index (κ1) is 14.2. The van der Waals surface area contributed by atoms with E-state index in [-0.39, 0.29) is 12.3 Å². The predicted octanol–water partition coefficient (Wildman–Crippen LogP) is 2.24. The monoisotopic (exact) mass is 304 g/mol. The van der Waals surface area contributed by atoms with Crippen molar-refractivity contribution >= 4 is 5.91 Å². The van der Waals surface area contributed by atoms with E-state index < -0.39 is 0 Å². The second kappa shape index (κ2) is 5.69. The molecule has 3 aliphatic rings. The molecule has 1 N–H and O–H groups in total. The molecule has 0 spiro atoms. The van der Waals surface area contributed by atoms with Crippen LogP contribution in [0.5, 0.6) is 0 Å². The third-order valence-corrected chi connectivity index (χ3v) is 5.72. The van der Waals surface area contributed by atoms with E-state index in [2.05, 4.69) is 10.5 Å². The zero-order chi connectivity index (χ0) is 15.1. The van der Waals surface area contributed by atoms with Crippen molar-refractivity contribution < 1.29 is 14.1 Å². The van der Waals surface area contributed by atoms with Gasteiger partial charge in [-0.25, -0.2) is 0 Å². The van der Waals surface area contributed by atoms with Crippen molar-refractivity contribution in [3.8, 4) is 0 Å². The van der Waals surface area contributed by atoms with Gasteiger partial charge in [-0.2, -0.15) is 0 Å². The first-order valence-corrected chi connectivity index (χ1v) is 8.55. The molecule has 22 heavy (non-hydrogen) atoms. The van der Waals surface area contributed by atoms with E-state index in [9.17, 15) is 4.79 Å². The summed E-state index contributed by atoms with van der Waals surface area (Å²) in [4.78, 5) is 12.3. The van der Waals surface area contributed by atoms with Gasteiger partial charge in [0.2, 0.25) is 5.91 Å². The van der Waals surface area contributed by atoms with Crippen molar-refractivity contribution in [3.05, 3.63) is 17.5 Å². The molecule has 1 aromatic heterocycles. The van der Waals surface area contributed by atoms with E-state index >= 15 is 0 Å². The Labute approximate surface area is 130 Å². The van der Waals surface area contributed by atoms with Gasteiger partial charge < -0.3 is 14.6 Å². The molecule has 5 heteroatoms. The van der Waals surface area contributed by atoms with Crippen LogP contribution in [-0.4, -0.2) is 29.8 Å². The zero-order valence-electron chi connectivity index (χ0n) is 13.1. The Morgan fingerprint density at radius 3 is 2.91 bits per heavy atom. The molecular weight excluding hydrogens is 280 g/mol. The Morgan fingerprint density at radius 2 is 2.18 bits per heavy atom. The molecule has 120 valence electrons. The fourth-order valence-electron chi connectivity index (χ4n) is 4.75. The fourth-order valence-corrected chi connectivity index (χ4v) is 4.75. The van der Waals surface area contributed by atoms with Crippen LogP contribution in [0.15, 0.2) is 10.6 Å². The second-order valence-corrected chi connectivity index (χ2v) is 7.11. The highest BCUT2D eigenvalue weighted by molar-refractivity contribution is 5.78. The van der Waals surface area contributed by atoms with Crippen LogP contribution in [0, 0.1) is 24.7 Å². The molecule has 1 saturated heterocycles. The number of nitrogens with zero attached hydrogens (tertiary/aromatic N) is 1. The summed E-state index contributed by atoms with van der Waals surface area (Å²) in [7, 11) is 0. The summed E-state index contributed by atoms with van der Waals surface area (Å²) in [6, 6.07) is 2.13. The number of hydrogen-bond acceptors (Lipinski definition) is 4. The summed E-state index contributed by atoms with van der Waals surface area (Å²) in [5, 5.41) is 7.10. The lowest BCUT2D eigenvalue weighted by Gasteiger charge is -2.50. The van der Waals surface area contributed by atoms with Crippen molar-refractivity contribution in [3.63, 3.8) is 0 Å². The Balaban J connectivity index is 1.40. The first-order chi connectivity index (χ1) is 10.7. The highest BCUT2D eigenvalue weighted by Gasteiger charge is 2.56. The standard InChI is InChI=1S/C17H24N2O3/c1-10-8-12(22-19-10)9-14(20)18-16-13-6-7-21-17(13)15(16)11-4-2-3-5-11/h8,11,13,15-17H,2-7,9H2,1H3,(H,18,20)/t13-,15+,16-,17-/m0/s1. The molecular formula is C17H24N2O3. The van der Waals surface area contributed by atoms with E-state index in [0.717, 1.165) is 24.6 Å². The van der Waals surface area contributed by atoms with E-state index in [1.54, 1.807) is 0 Å². The van der Waals surface area contributed by atoms with Crippen LogP contribution in [0.2, 0.25) is 0 Å². The van der Waals surface area contributed by atoms with Gasteiger partial charge in [-0.05, 0) is 19.3 Å². The topological polar surface area (TPSA) is 64.4 Å². The van der Waals surface area contributed by atoms with Crippen LogP contribution in [0.25, 0.3) is 0 Å². The van der Waals surface area contributed by atoms with Crippen LogP contribution in [0.4, 0.5) is 0 Å². The molecule has 2 heterocycles. The number of rotatable bonds is 4. The molecule has 2 saturated carbocycles. The molecule has 1 aliphatic heterocycles. The molecule has 4 atom stereocenters. The Morgan fingerprint density at radius 1 is 1.36 bits per heavy atom. The minimum atomic E-state index is 0.0505. The highest BCUT2D eigenvalue weighted by atomic mass is 16.5. The maximum absolute atomic E-state index is 12.3. The van der Waals surface area contributed by atoms with Crippen molar-refractivity contribution in [1.82, 2.24) is 10.5 Å². The van der Waals surface area contributed by atoms with Gasteiger partial charge in [0.15, 0.2) is 0 Å². The number of aryl methyl sites for hydroxylation is 1. The number of aromatic nitrogens is 1. The molecule has 0 aromatic carbocycles. The summed E-state index contributed by atoms with van der Waals surface area (Å²) in [6.07, 6.45) is 7.01. The summed E-state index contributed by atoms with van der Waals surface area (Å²) in [5.74, 6) is 2.47. The second-order valence-electron chi connectivity index (χ2n) is 7.11. The summed E-state index contributed by atoms with van der Waals surface area (Å²) >= 11 is 0. The van der Waals surface area contributed by atoms with Gasteiger partial charge >= 0.3 is 0 Å². The maximum Gasteiger partial charge on any atom is 0.227 e. The fraction of sp³-hybridized carbons (Fsp3) is 0.765. The molecule has 0 bridgehead atoms. The highest BCUT2D eigenvalue weighted by Crippen LogP contribution is 2.51. The van der Waals surface area contributed by atoms with Gasteiger partial charge in [0.25, 0.3) is 0 Å². The number of carbonyl (C=O) groups excluding carboxylic acids is 1. The average molecular weight is 304 g/mol. The van der Waals surface area contributed by atoms with Crippen LogP contribution in [0.1, 0.15) is 43.6 Å². The van der Waals surface area contributed by atoms with Gasteiger partial charge in [-0.1, -0.05) is 30.8 Å². The minimum Gasteiger partial charge on any atom is -0.377 e. The van der Waals surface area contributed by atoms with Gasteiger partial charge in [0.05, 0.1) is 18.2 Å². The quantitative estimate of drug-likeness (QED) is 0.926. The smallest absolute Gasteiger partial charge is 0.227 e. The third kappa shape index (κ3) is 2.45. The Hall–Kier alpha value is -1.36. The Kier molecular flexibility index (Phi) is 3.68. The normalized spacial score (nSPS) is 34.4. The summed E-state index contributed by atoms with van der Waals surface area (Å²) in [6.45, 7) is 2.72. The number of ether oxygens (including phenoxy) is 1. The Bertz CT molecular complexity index is 545. The molecule has 3 fully saturated rings. The zero-order valence-corrected chi connectivity index (χ0v) is 13.1. The number of nitrogens with one attached hydrogen (secondary N) is 1. The molecule has 1 aromatic rings. The predicted molar refractivity (Wildman–Crippen MR) is 80.2 cm³/mol.